The summed E-state index contributed by atoms with van der Waals surface area (Å²) in [4.78, 5) is 0. The lowest BCUT2D eigenvalue weighted by atomic mass is 9.78. The molecule has 6 heteroatoms. The SMILES string of the molecule is COc1cc(OC)c2c(c1)[C@@H](c1ccc(O)cc1)[C@@H]1c3c(OC)cc(OC)cc3[C@@H](c3ccc(O)cc3)[C@H]21. The van der Waals surface area contributed by atoms with Crippen molar-refractivity contribution in [2.75, 3.05) is 28.4 Å². The third-order valence-corrected chi connectivity index (χ3v) is 8.15. The van der Waals surface area contributed by atoms with Crippen molar-refractivity contribution in [3.8, 4) is 34.5 Å². The molecule has 0 aliphatic heterocycles. The zero-order valence-corrected chi connectivity index (χ0v) is 21.8. The summed E-state index contributed by atoms with van der Waals surface area (Å²) in [6.07, 6.45) is 0. The average Bonchev–Trinajstić information content (AvgIpc) is 3.45. The van der Waals surface area contributed by atoms with Crippen molar-refractivity contribution in [2.24, 2.45) is 0 Å². The Morgan fingerprint density at radius 1 is 0.500 bits per heavy atom. The Balaban J connectivity index is 1.70. The van der Waals surface area contributed by atoms with E-state index in [1.165, 1.54) is 0 Å². The molecular formula is C32H30O6. The molecule has 6 rings (SSSR count). The van der Waals surface area contributed by atoms with Gasteiger partial charge in [0.25, 0.3) is 0 Å². The number of methoxy groups -OCH3 is 4. The second-order valence-electron chi connectivity index (χ2n) is 9.86. The van der Waals surface area contributed by atoms with E-state index in [0.717, 1.165) is 56.4 Å². The van der Waals surface area contributed by atoms with E-state index in [9.17, 15) is 10.2 Å². The van der Waals surface area contributed by atoms with Crippen molar-refractivity contribution in [3.63, 3.8) is 0 Å². The van der Waals surface area contributed by atoms with E-state index < -0.39 is 0 Å². The molecule has 0 aromatic heterocycles. The molecule has 4 aromatic carbocycles. The van der Waals surface area contributed by atoms with Crippen LogP contribution in [-0.2, 0) is 0 Å². The Morgan fingerprint density at radius 2 is 0.868 bits per heavy atom. The van der Waals surface area contributed by atoms with Crippen molar-refractivity contribution in [1.82, 2.24) is 0 Å². The highest BCUT2D eigenvalue weighted by Gasteiger charge is 2.55. The van der Waals surface area contributed by atoms with Crippen molar-refractivity contribution < 1.29 is 29.2 Å². The van der Waals surface area contributed by atoms with E-state index in [1.54, 1.807) is 52.7 Å². The number of hydrogen-bond donors (Lipinski definition) is 2. The molecule has 2 aliphatic carbocycles. The summed E-state index contributed by atoms with van der Waals surface area (Å²) in [6.45, 7) is 0. The fraction of sp³-hybridized carbons (Fsp3) is 0.250. The molecular weight excluding hydrogens is 480 g/mol. The van der Waals surface area contributed by atoms with Gasteiger partial charge in [-0.2, -0.15) is 0 Å². The number of phenolic OH excluding ortho intramolecular Hbond substituents is 2. The normalized spacial score (nSPS) is 20.8. The monoisotopic (exact) mass is 510 g/mol. The Morgan fingerprint density at radius 3 is 1.18 bits per heavy atom. The average molecular weight is 511 g/mol. The Labute approximate surface area is 222 Å². The summed E-state index contributed by atoms with van der Waals surface area (Å²) in [5.74, 6) is 3.42. The number of hydrogen-bond acceptors (Lipinski definition) is 6. The molecule has 2 N–H and O–H groups in total. The number of ether oxygens (including phenoxy) is 4. The van der Waals surface area contributed by atoms with Gasteiger partial charge in [-0.3, -0.25) is 0 Å². The highest BCUT2D eigenvalue weighted by Crippen LogP contribution is 2.69. The number of aromatic hydroxyl groups is 2. The Bertz CT molecular complexity index is 1380. The van der Waals surface area contributed by atoms with Gasteiger partial charge in [-0.15, -0.1) is 0 Å². The fourth-order valence-corrected chi connectivity index (χ4v) is 6.68. The van der Waals surface area contributed by atoms with Crippen molar-refractivity contribution in [2.45, 2.75) is 23.7 Å². The van der Waals surface area contributed by atoms with Crippen LogP contribution in [0.2, 0.25) is 0 Å². The summed E-state index contributed by atoms with van der Waals surface area (Å²) in [7, 11) is 6.71. The van der Waals surface area contributed by atoms with Gasteiger partial charge in [-0.05, 0) is 58.7 Å². The third-order valence-electron chi connectivity index (χ3n) is 8.15. The molecule has 4 atom stereocenters. The maximum absolute atomic E-state index is 10.1. The van der Waals surface area contributed by atoms with Gasteiger partial charge in [0.2, 0.25) is 0 Å². The van der Waals surface area contributed by atoms with Crippen LogP contribution in [-0.4, -0.2) is 38.7 Å². The second kappa shape index (κ2) is 9.21. The summed E-state index contributed by atoms with van der Waals surface area (Å²) < 4.78 is 23.4. The van der Waals surface area contributed by atoms with Gasteiger partial charge >= 0.3 is 0 Å². The van der Waals surface area contributed by atoms with Gasteiger partial charge in [-0.25, -0.2) is 0 Å². The van der Waals surface area contributed by atoms with Crippen LogP contribution in [0.4, 0.5) is 0 Å². The van der Waals surface area contributed by atoms with Crippen LogP contribution in [0.3, 0.4) is 0 Å². The van der Waals surface area contributed by atoms with Crippen LogP contribution < -0.4 is 18.9 Å². The fourth-order valence-electron chi connectivity index (χ4n) is 6.68. The molecule has 0 unspecified atom stereocenters. The minimum absolute atomic E-state index is 0.0187. The van der Waals surface area contributed by atoms with E-state index in [2.05, 4.69) is 12.1 Å². The molecule has 0 amide bonds. The summed E-state index contributed by atoms with van der Waals surface area (Å²) in [6, 6.07) is 23.0. The number of benzene rings is 4. The minimum atomic E-state index is -0.0391. The van der Waals surface area contributed by atoms with E-state index >= 15 is 0 Å². The largest absolute Gasteiger partial charge is 0.508 e. The molecule has 194 valence electrons. The van der Waals surface area contributed by atoms with Crippen molar-refractivity contribution in [1.29, 1.82) is 0 Å². The number of phenols is 2. The molecule has 38 heavy (non-hydrogen) atoms. The third kappa shape index (κ3) is 3.55. The Kier molecular flexibility index (Phi) is 5.83. The predicted octanol–water partition coefficient (Wildman–Crippen LogP) is 6.29. The first-order valence-corrected chi connectivity index (χ1v) is 12.6. The zero-order valence-electron chi connectivity index (χ0n) is 21.8. The maximum Gasteiger partial charge on any atom is 0.126 e. The molecule has 6 nitrogen and oxygen atoms in total. The topological polar surface area (TPSA) is 77.4 Å². The lowest BCUT2D eigenvalue weighted by Gasteiger charge is -2.24. The molecule has 0 fully saturated rings. The lowest BCUT2D eigenvalue weighted by molar-refractivity contribution is 0.385. The molecule has 4 aromatic rings. The molecule has 0 radical (unpaired) electrons. The highest BCUT2D eigenvalue weighted by molar-refractivity contribution is 5.69. The summed E-state index contributed by atoms with van der Waals surface area (Å²) in [5.41, 5.74) is 6.70. The maximum atomic E-state index is 10.1. The summed E-state index contributed by atoms with van der Waals surface area (Å²) >= 11 is 0. The van der Waals surface area contributed by atoms with Crippen LogP contribution >= 0.6 is 0 Å². The molecule has 0 heterocycles. The molecule has 0 saturated carbocycles. The quantitative estimate of drug-likeness (QED) is 0.317. The van der Waals surface area contributed by atoms with Gasteiger partial charge in [0.05, 0.1) is 28.4 Å². The zero-order chi connectivity index (χ0) is 26.6. The van der Waals surface area contributed by atoms with Gasteiger partial charge in [0.15, 0.2) is 0 Å². The van der Waals surface area contributed by atoms with Crippen molar-refractivity contribution >= 4 is 0 Å². The Hall–Kier alpha value is -4.32. The second-order valence-corrected chi connectivity index (χ2v) is 9.86. The minimum Gasteiger partial charge on any atom is -0.508 e. The molecule has 2 aliphatic rings. The molecule has 0 spiro atoms. The van der Waals surface area contributed by atoms with E-state index in [-0.39, 0.29) is 35.2 Å². The van der Waals surface area contributed by atoms with Crippen LogP contribution in [0, 0.1) is 0 Å². The van der Waals surface area contributed by atoms with Crippen molar-refractivity contribution in [3.05, 3.63) is 106 Å². The number of fused-ring (bicyclic) bond motifs is 5. The first-order chi connectivity index (χ1) is 18.5. The first-order valence-electron chi connectivity index (χ1n) is 12.6. The van der Waals surface area contributed by atoms with Crippen LogP contribution in [0.1, 0.15) is 57.1 Å². The summed E-state index contributed by atoms with van der Waals surface area (Å²) in [5, 5.41) is 20.1. The van der Waals surface area contributed by atoms with Crippen LogP contribution in [0.15, 0.2) is 72.8 Å². The first kappa shape index (κ1) is 24.0. The highest BCUT2D eigenvalue weighted by atomic mass is 16.5. The van der Waals surface area contributed by atoms with Crippen LogP contribution in [0.5, 0.6) is 34.5 Å². The van der Waals surface area contributed by atoms with E-state index in [0.29, 0.717) is 0 Å². The van der Waals surface area contributed by atoms with Gasteiger partial charge in [0.1, 0.15) is 34.5 Å². The predicted molar refractivity (Wildman–Crippen MR) is 144 cm³/mol. The molecule has 0 saturated heterocycles. The smallest absolute Gasteiger partial charge is 0.126 e. The van der Waals surface area contributed by atoms with Crippen LogP contribution in [0.25, 0.3) is 0 Å². The van der Waals surface area contributed by atoms with Gasteiger partial charge in [-0.1, -0.05) is 24.3 Å². The van der Waals surface area contributed by atoms with Gasteiger partial charge in [0, 0.05) is 46.9 Å². The van der Waals surface area contributed by atoms with E-state index in [1.807, 2.05) is 36.4 Å². The van der Waals surface area contributed by atoms with E-state index in [4.69, 9.17) is 18.9 Å². The standard InChI is InChI=1S/C32H30O6/c1-35-21-13-23-27(17-5-9-19(33)10-6-17)31-30-24(14-22(36-2)16-26(30)38-4)28(18-7-11-20(34)12-8-18)32(31)29(23)25(15-21)37-3/h5-16,27-28,31-34H,1-4H3/t27-,28-,31-,32-/m1/s1. The lowest BCUT2D eigenvalue weighted by Crippen LogP contribution is -2.11. The van der Waals surface area contributed by atoms with Gasteiger partial charge < -0.3 is 29.2 Å². The molecule has 0 bridgehead atoms. The number of rotatable bonds is 6.